The highest BCUT2D eigenvalue weighted by molar-refractivity contribution is 14.1. The van der Waals surface area contributed by atoms with Gasteiger partial charge in [0.2, 0.25) is 0 Å². The van der Waals surface area contributed by atoms with E-state index in [9.17, 15) is 0 Å². The molecule has 0 N–H and O–H groups in total. The van der Waals surface area contributed by atoms with Crippen LogP contribution in [0.5, 0.6) is 5.75 Å². The van der Waals surface area contributed by atoms with E-state index in [-0.39, 0.29) is 0 Å². The molecule has 0 bridgehead atoms. The first kappa shape index (κ1) is 9.13. The molecule has 0 atom stereocenters. The SMILES string of the molecule is COc1cc(C)cc(Cl)c1I. The van der Waals surface area contributed by atoms with Gasteiger partial charge in [0.05, 0.1) is 15.7 Å². The van der Waals surface area contributed by atoms with Gasteiger partial charge >= 0.3 is 0 Å². The average Bonchev–Trinajstić information content (AvgIpc) is 1.96. The van der Waals surface area contributed by atoms with Crippen LogP contribution in [0.4, 0.5) is 0 Å². The molecule has 0 unspecified atom stereocenters. The maximum atomic E-state index is 5.91. The monoisotopic (exact) mass is 282 g/mol. The van der Waals surface area contributed by atoms with E-state index < -0.39 is 0 Å². The molecule has 0 saturated heterocycles. The summed E-state index contributed by atoms with van der Waals surface area (Å²) in [7, 11) is 1.65. The fraction of sp³-hybridized carbons (Fsp3) is 0.250. The largest absolute Gasteiger partial charge is 0.496 e. The summed E-state index contributed by atoms with van der Waals surface area (Å²) in [6.45, 7) is 1.99. The lowest BCUT2D eigenvalue weighted by molar-refractivity contribution is 0.411. The molecule has 1 aromatic carbocycles. The minimum Gasteiger partial charge on any atom is -0.496 e. The minimum absolute atomic E-state index is 0.752. The van der Waals surface area contributed by atoms with E-state index in [1.54, 1.807) is 7.11 Å². The van der Waals surface area contributed by atoms with Gasteiger partial charge in [-0.05, 0) is 47.2 Å². The van der Waals surface area contributed by atoms with Gasteiger partial charge in [-0.25, -0.2) is 0 Å². The standard InChI is InChI=1S/C8H8ClIO/c1-5-3-6(9)8(10)7(4-5)11-2/h3-4H,1-2H3. The summed E-state index contributed by atoms with van der Waals surface area (Å²) in [5, 5.41) is 0.752. The van der Waals surface area contributed by atoms with Gasteiger partial charge in [0, 0.05) is 0 Å². The molecule has 11 heavy (non-hydrogen) atoms. The average molecular weight is 283 g/mol. The third-order valence-corrected chi connectivity index (χ3v) is 3.09. The van der Waals surface area contributed by atoms with Crippen LogP contribution in [0.3, 0.4) is 0 Å². The number of hydrogen-bond donors (Lipinski definition) is 0. The number of aryl methyl sites for hydroxylation is 1. The second-order valence-electron chi connectivity index (χ2n) is 2.26. The summed E-state index contributed by atoms with van der Waals surface area (Å²) in [5.41, 5.74) is 1.12. The van der Waals surface area contributed by atoms with Crippen molar-refractivity contribution in [3.8, 4) is 5.75 Å². The summed E-state index contributed by atoms with van der Waals surface area (Å²) in [4.78, 5) is 0. The lowest BCUT2D eigenvalue weighted by Gasteiger charge is -2.05. The molecule has 0 heterocycles. The second-order valence-corrected chi connectivity index (χ2v) is 3.75. The van der Waals surface area contributed by atoms with Crippen LogP contribution < -0.4 is 4.74 Å². The molecule has 0 aromatic heterocycles. The number of methoxy groups -OCH3 is 1. The Morgan fingerprint density at radius 2 is 2.09 bits per heavy atom. The minimum atomic E-state index is 0.752. The van der Waals surface area contributed by atoms with E-state index in [2.05, 4.69) is 22.6 Å². The number of hydrogen-bond acceptors (Lipinski definition) is 1. The zero-order valence-electron chi connectivity index (χ0n) is 6.32. The lowest BCUT2D eigenvalue weighted by atomic mass is 10.2. The highest BCUT2D eigenvalue weighted by atomic mass is 127. The molecule has 0 spiro atoms. The first-order chi connectivity index (χ1) is 5.15. The smallest absolute Gasteiger partial charge is 0.133 e. The van der Waals surface area contributed by atoms with Crippen molar-refractivity contribution in [1.82, 2.24) is 0 Å². The molecule has 0 aliphatic carbocycles. The topological polar surface area (TPSA) is 9.23 Å². The molecule has 0 fully saturated rings. The number of benzene rings is 1. The third-order valence-electron chi connectivity index (χ3n) is 1.36. The van der Waals surface area contributed by atoms with E-state index in [1.807, 2.05) is 19.1 Å². The van der Waals surface area contributed by atoms with E-state index in [4.69, 9.17) is 16.3 Å². The summed E-state index contributed by atoms with van der Waals surface area (Å²) in [6.07, 6.45) is 0. The Morgan fingerprint density at radius 3 is 2.64 bits per heavy atom. The Morgan fingerprint density at radius 1 is 1.45 bits per heavy atom. The molecule has 1 nitrogen and oxygen atoms in total. The summed E-state index contributed by atoms with van der Waals surface area (Å²) < 4.78 is 6.08. The predicted molar refractivity (Wildman–Crippen MR) is 55.5 cm³/mol. The van der Waals surface area contributed by atoms with Crippen molar-refractivity contribution < 1.29 is 4.74 Å². The Labute approximate surface area is 84.8 Å². The predicted octanol–water partition coefficient (Wildman–Crippen LogP) is 3.26. The Balaban J connectivity index is 3.24. The summed E-state index contributed by atoms with van der Waals surface area (Å²) in [6, 6.07) is 3.89. The van der Waals surface area contributed by atoms with Crippen LogP contribution in [0.25, 0.3) is 0 Å². The molecule has 0 radical (unpaired) electrons. The fourth-order valence-electron chi connectivity index (χ4n) is 0.841. The van der Waals surface area contributed by atoms with E-state index >= 15 is 0 Å². The van der Waals surface area contributed by atoms with E-state index in [0.29, 0.717) is 0 Å². The van der Waals surface area contributed by atoms with Crippen molar-refractivity contribution in [3.63, 3.8) is 0 Å². The van der Waals surface area contributed by atoms with Crippen molar-refractivity contribution in [2.45, 2.75) is 6.92 Å². The Bertz CT molecular complexity index is 273. The van der Waals surface area contributed by atoms with E-state index in [0.717, 1.165) is 19.9 Å². The molecular formula is C8H8ClIO. The molecule has 1 aromatic rings. The van der Waals surface area contributed by atoms with Gasteiger partial charge in [-0.3, -0.25) is 0 Å². The van der Waals surface area contributed by atoms with Crippen LogP contribution in [0, 0.1) is 10.5 Å². The quantitative estimate of drug-likeness (QED) is 0.718. The van der Waals surface area contributed by atoms with Crippen molar-refractivity contribution in [2.75, 3.05) is 7.11 Å². The van der Waals surface area contributed by atoms with Crippen LogP contribution in [0.15, 0.2) is 12.1 Å². The Hall–Kier alpha value is 0.0400. The van der Waals surface area contributed by atoms with Gasteiger partial charge in [0.25, 0.3) is 0 Å². The molecular weight excluding hydrogens is 274 g/mol. The van der Waals surface area contributed by atoms with E-state index in [1.165, 1.54) is 0 Å². The highest BCUT2D eigenvalue weighted by Crippen LogP contribution is 2.29. The number of halogens is 2. The third kappa shape index (κ3) is 1.99. The van der Waals surface area contributed by atoms with Gasteiger partial charge < -0.3 is 4.74 Å². The summed E-state index contributed by atoms with van der Waals surface area (Å²) in [5.74, 6) is 0.843. The van der Waals surface area contributed by atoms with Gasteiger partial charge in [-0.15, -0.1) is 0 Å². The molecule has 3 heteroatoms. The maximum Gasteiger partial charge on any atom is 0.133 e. The fourth-order valence-corrected chi connectivity index (χ4v) is 1.64. The van der Waals surface area contributed by atoms with Crippen molar-refractivity contribution in [3.05, 3.63) is 26.3 Å². The molecule has 60 valence electrons. The lowest BCUT2D eigenvalue weighted by Crippen LogP contribution is -1.88. The van der Waals surface area contributed by atoms with Crippen molar-refractivity contribution in [2.24, 2.45) is 0 Å². The van der Waals surface area contributed by atoms with Crippen molar-refractivity contribution in [1.29, 1.82) is 0 Å². The molecule has 0 aliphatic heterocycles. The maximum absolute atomic E-state index is 5.91. The molecule has 0 aliphatic rings. The van der Waals surface area contributed by atoms with Crippen LogP contribution in [-0.4, -0.2) is 7.11 Å². The summed E-state index contributed by atoms with van der Waals surface area (Å²) >= 11 is 8.08. The van der Waals surface area contributed by atoms with Crippen LogP contribution in [-0.2, 0) is 0 Å². The van der Waals surface area contributed by atoms with Crippen LogP contribution in [0.2, 0.25) is 5.02 Å². The Kier molecular flexibility index (Phi) is 3.01. The second kappa shape index (κ2) is 3.63. The number of rotatable bonds is 1. The first-order valence-corrected chi connectivity index (χ1v) is 4.60. The zero-order valence-corrected chi connectivity index (χ0v) is 9.23. The normalized spacial score (nSPS) is 9.82. The van der Waals surface area contributed by atoms with Crippen molar-refractivity contribution >= 4 is 34.2 Å². The first-order valence-electron chi connectivity index (χ1n) is 3.15. The zero-order chi connectivity index (χ0) is 8.43. The van der Waals surface area contributed by atoms with Gasteiger partial charge in [0.15, 0.2) is 0 Å². The van der Waals surface area contributed by atoms with Crippen LogP contribution >= 0.6 is 34.2 Å². The highest BCUT2D eigenvalue weighted by Gasteiger charge is 2.04. The number of ether oxygens (including phenoxy) is 1. The molecule has 1 rings (SSSR count). The van der Waals surface area contributed by atoms with Gasteiger partial charge in [-0.2, -0.15) is 0 Å². The molecule has 0 saturated carbocycles. The van der Waals surface area contributed by atoms with Gasteiger partial charge in [-0.1, -0.05) is 11.6 Å². The van der Waals surface area contributed by atoms with Crippen LogP contribution in [0.1, 0.15) is 5.56 Å². The molecule has 0 amide bonds. The van der Waals surface area contributed by atoms with Gasteiger partial charge in [0.1, 0.15) is 5.75 Å².